The lowest BCUT2D eigenvalue weighted by atomic mass is 9.98. The number of anilines is 1. The smallest absolute Gasteiger partial charge is 0.243 e. The van der Waals surface area contributed by atoms with Crippen molar-refractivity contribution in [1.29, 1.82) is 0 Å². The third-order valence-corrected chi connectivity index (χ3v) is 9.62. The molecule has 1 fully saturated rings. The summed E-state index contributed by atoms with van der Waals surface area (Å²) in [6.07, 6.45) is 3.61. The van der Waals surface area contributed by atoms with E-state index in [0.29, 0.717) is 35.3 Å². The first-order chi connectivity index (χ1) is 17.4. The van der Waals surface area contributed by atoms with Gasteiger partial charge in [-0.05, 0) is 67.3 Å². The van der Waals surface area contributed by atoms with Crippen LogP contribution >= 0.6 is 22.9 Å². The number of amides is 1. The number of sulfonamides is 1. The molecule has 1 atom stereocenters. The molecule has 10 heteroatoms. The number of furan rings is 1. The van der Waals surface area contributed by atoms with Crippen LogP contribution in [0.3, 0.4) is 0 Å². The van der Waals surface area contributed by atoms with Crippen LogP contribution in [0.15, 0.2) is 70.2 Å². The molecule has 1 aliphatic rings. The van der Waals surface area contributed by atoms with Crippen LogP contribution in [0.4, 0.5) is 5.13 Å². The van der Waals surface area contributed by atoms with Crippen molar-refractivity contribution in [2.75, 3.05) is 18.0 Å². The van der Waals surface area contributed by atoms with Gasteiger partial charge in [0.25, 0.3) is 0 Å². The SMILES string of the molecule is CCc1cccc2sc(N(Cc3ccco3)C(=O)C3CCCN(S(=O)(=O)c4ccc(Cl)cc4)C3)nc12. The molecule has 1 unspecified atom stereocenters. The Labute approximate surface area is 219 Å². The third-order valence-electron chi connectivity index (χ3n) is 6.45. The summed E-state index contributed by atoms with van der Waals surface area (Å²) < 4.78 is 34.5. The predicted molar refractivity (Wildman–Crippen MR) is 142 cm³/mol. The van der Waals surface area contributed by atoms with Gasteiger partial charge >= 0.3 is 0 Å². The number of carbonyl (C=O) groups is 1. The van der Waals surface area contributed by atoms with Gasteiger partial charge in [-0.25, -0.2) is 13.4 Å². The molecule has 7 nitrogen and oxygen atoms in total. The van der Waals surface area contributed by atoms with E-state index in [2.05, 4.69) is 6.92 Å². The first-order valence-electron chi connectivity index (χ1n) is 11.8. The number of hydrogen-bond donors (Lipinski definition) is 0. The monoisotopic (exact) mass is 543 g/mol. The molecule has 36 heavy (non-hydrogen) atoms. The standard InChI is InChI=1S/C26H26ClN3O4S2/c1-2-18-6-3-9-23-24(18)28-26(35-23)30(17-21-8-5-15-34-21)25(31)19-7-4-14-29(16-19)36(32,33)22-12-10-20(27)11-13-22/h3,5-6,8-13,15,19H,2,4,7,14,16-17H2,1H3. The lowest BCUT2D eigenvalue weighted by molar-refractivity contribution is -0.123. The minimum absolute atomic E-state index is 0.115. The van der Waals surface area contributed by atoms with E-state index in [1.807, 2.05) is 24.3 Å². The fraction of sp³-hybridized carbons (Fsp3) is 0.308. The van der Waals surface area contributed by atoms with Gasteiger partial charge in [-0.1, -0.05) is 42.0 Å². The van der Waals surface area contributed by atoms with Gasteiger partial charge in [-0.3, -0.25) is 9.69 Å². The Balaban J connectivity index is 1.45. The highest BCUT2D eigenvalue weighted by Gasteiger charge is 2.36. The van der Waals surface area contributed by atoms with Crippen molar-refractivity contribution >= 4 is 54.2 Å². The highest BCUT2D eigenvalue weighted by molar-refractivity contribution is 7.89. The van der Waals surface area contributed by atoms with E-state index < -0.39 is 15.9 Å². The van der Waals surface area contributed by atoms with Crippen molar-refractivity contribution in [1.82, 2.24) is 9.29 Å². The normalized spacial score (nSPS) is 16.9. The van der Waals surface area contributed by atoms with Crippen LogP contribution < -0.4 is 4.90 Å². The van der Waals surface area contributed by atoms with Gasteiger partial charge in [0.15, 0.2) is 5.13 Å². The van der Waals surface area contributed by atoms with Crippen LogP contribution in [0, 0.1) is 5.92 Å². The molecule has 0 saturated carbocycles. The Morgan fingerprint density at radius 3 is 2.72 bits per heavy atom. The first-order valence-corrected chi connectivity index (χ1v) is 14.5. The number of thiazole rings is 1. The Morgan fingerprint density at radius 2 is 2.00 bits per heavy atom. The van der Waals surface area contributed by atoms with Crippen LogP contribution in [-0.4, -0.2) is 36.7 Å². The average Bonchev–Trinajstić information content (AvgIpc) is 3.57. The maximum atomic E-state index is 13.9. The maximum Gasteiger partial charge on any atom is 0.243 e. The molecule has 0 bridgehead atoms. The topological polar surface area (TPSA) is 83.7 Å². The fourth-order valence-corrected chi connectivity index (χ4v) is 7.20. The number of carbonyl (C=O) groups excluding carboxylic acids is 1. The minimum Gasteiger partial charge on any atom is -0.467 e. The summed E-state index contributed by atoms with van der Waals surface area (Å²) in [5, 5.41) is 1.06. The van der Waals surface area contributed by atoms with Crippen molar-refractivity contribution in [3.8, 4) is 0 Å². The number of aryl methyl sites for hydroxylation is 1. The van der Waals surface area contributed by atoms with Crippen LogP contribution in [0.1, 0.15) is 31.1 Å². The summed E-state index contributed by atoms with van der Waals surface area (Å²) in [7, 11) is -3.74. The van der Waals surface area contributed by atoms with Crippen LogP contribution in [-0.2, 0) is 27.8 Å². The van der Waals surface area contributed by atoms with Gasteiger partial charge < -0.3 is 4.42 Å². The molecular formula is C26H26ClN3O4S2. The number of nitrogens with zero attached hydrogens (tertiary/aromatic N) is 3. The number of fused-ring (bicyclic) bond motifs is 1. The van der Waals surface area contributed by atoms with E-state index >= 15 is 0 Å². The predicted octanol–water partition coefficient (Wildman–Crippen LogP) is 5.74. The third kappa shape index (κ3) is 4.93. The molecule has 2 aromatic heterocycles. The van der Waals surface area contributed by atoms with Gasteiger partial charge in [-0.15, -0.1) is 0 Å². The Kier molecular flexibility index (Phi) is 7.16. The molecule has 1 aliphatic heterocycles. The molecule has 1 saturated heterocycles. The van der Waals surface area contributed by atoms with Gasteiger partial charge in [0.05, 0.1) is 33.8 Å². The van der Waals surface area contributed by atoms with Gasteiger partial charge in [0.2, 0.25) is 15.9 Å². The second kappa shape index (κ2) is 10.3. The molecule has 4 aromatic rings. The number of aromatic nitrogens is 1. The minimum atomic E-state index is -3.74. The lowest BCUT2D eigenvalue weighted by Crippen LogP contribution is -2.46. The number of rotatable bonds is 7. The number of para-hydroxylation sites is 1. The average molecular weight is 544 g/mol. The summed E-state index contributed by atoms with van der Waals surface area (Å²) >= 11 is 7.40. The van der Waals surface area contributed by atoms with Gasteiger partial charge in [0.1, 0.15) is 5.76 Å². The molecule has 5 rings (SSSR count). The summed E-state index contributed by atoms with van der Waals surface area (Å²) in [6, 6.07) is 15.8. The van der Waals surface area contributed by atoms with E-state index in [1.165, 1.54) is 27.8 Å². The summed E-state index contributed by atoms with van der Waals surface area (Å²) in [5.41, 5.74) is 2.02. The second-order valence-electron chi connectivity index (χ2n) is 8.77. The molecule has 0 aliphatic carbocycles. The molecule has 1 amide bonds. The van der Waals surface area contributed by atoms with Crippen LogP contribution in [0.2, 0.25) is 5.02 Å². The van der Waals surface area contributed by atoms with E-state index in [-0.39, 0.29) is 23.9 Å². The maximum absolute atomic E-state index is 13.9. The van der Waals surface area contributed by atoms with Crippen molar-refractivity contribution < 1.29 is 17.6 Å². The zero-order valence-corrected chi connectivity index (χ0v) is 22.2. The van der Waals surface area contributed by atoms with E-state index in [4.69, 9.17) is 21.0 Å². The number of benzene rings is 2. The summed E-state index contributed by atoms with van der Waals surface area (Å²) in [5.74, 6) is -0.00673. The van der Waals surface area contributed by atoms with Gasteiger partial charge in [-0.2, -0.15) is 4.31 Å². The lowest BCUT2D eigenvalue weighted by Gasteiger charge is -2.33. The van der Waals surface area contributed by atoms with Crippen molar-refractivity contribution in [2.45, 2.75) is 37.6 Å². The van der Waals surface area contributed by atoms with Crippen molar-refractivity contribution in [2.24, 2.45) is 5.92 Å². The summed E-state index contributed by atoms with van der Waals surface area (Å²) in [6.45, 7) is 2.79. The molecule has 188 valence electrons. The van der Waals surface area contributed by atoms with E-state index in [0.717, 1.165) is 22.2 Å². The summed E-state index contributed by atoms with van der Waals surface area (Å²) in [4.78, 5) is 20.6. The van der Waals surface area contributed by atoms with E-state index in [1.54, 1.807) is 29.4 Å². The number of piperidine rings is 1. The fourth-order valence-electron chi connectivity index (χ4n) is 4.53. The highest BCUT2D eigenvalue weighted by atomic mass is 35.5. The van der Waals surface area contributed by atoms with Crippen molar-refractivity contribution in [3.63, 3.8) is 0 Å². The van der Waals surface area contributed by atoms with Crippen molar-refractivity contribution in [3.05, 3.63) is 77.2 Å². The second-order valence-corrected chi connectivity index (χ2v) is 12.2. The zero-order valence-electron chi connectivity index (χ0n) is 19.8. The molecule has 2 aromatic carbocycles. The zero-order chi connectivity index (χ0) is 25.3. The Hall–Kier alpha value is -2.72. The Morgan fingerprint density at radius 1 is 1.19 bits per heavy atom. The van der Waals surface area contributed by atoms with Crippen LogP contribution in [0.5, 0.6) is 0 Å². The molecule has 0 spiro atoms. The number of halogens is 1. The van der Waals surface area contributed by atoms with Gasteiger partial charge in [0, 0.05) is 18.1 Å². The molecular weight excluding hydrogens is 518 g/mol. The quantitative estimate of drug-likeness (QED) is 0.297. The Bertz CT molecular complexity index is 1470. The van der Waals surface area contributed by atoms with Crippen LogP contribution in [0.25, 0.3) is 10.2 Å². The highest BCUT2D eigenvalue weighted by Crippen LogP contribution is 2.34. The first kappa shape index (κ1) is 25.0. The van der Waals surface area contributed by atoms with E-state index in [9.17, 15) is 13.2 Å². The molecule has 3 heterocycles. The molecule has 0 radical (unpaired) electrons. The number of hydrogen-bond acceptors (Lipinski definition) is 6. The molecule has 0 N–H and O–H groups in total. The largest absolute Gasteiger partial charge is 0.467 e.